The molecule has 1 aromatic heterocycles. The van der Waals surface area contributed by atoms with E-state index in [1.807, 2.05) is 78.9 Å². The highest BCUT2D eigenvalue weighted by molar-refractivity contribution is 6.31. The zero-order valence-corrected chi connectivity index (χ0v) is 19.5. The van der Waals surface area contributed by atoms with Gasteiger partial charge in [0.2, 0.25) is 0 Å². The molecule has 0 aliphatic carbocycles. The first-order chi connectivity index (χ1) is 16.0. The van der Waals surface area contributed by atoms with Crippen LogP contribution in [-0.4, -0.2) is 28.6 Å². The molecule has 1 atom stereocenters. The van der Waals surface area contributed by atoms with E-state index in [-0.39, 0.29) is 11.4 Å². The first-order valence-electron chi connectivity index (χ1n) is 10.7. The summed E-state index contributed by atoms with van der Waals surface area (Å²) in [5.74, 6) is -0.364. The van der Waals surface area contributed by atoms with Crippen molar-refractivity contribution in [2.45, 2.75) is 18.9 Å². The van der Waals surface area contributed by atoms with Crippen molar-refractivity contribution in [2.24, 2.45) is 0 Å². The van der Waals surface area contributed by atoms with Gasteiger partial charge in [-0.2, -0.15) is 0 Å². The molecule has 0 bridgehead atoms. The smallest absolute Gasteiger partial charge is 0.338 e. The molecular formula is C28H26ClNO4. The van der Waals surface area contributed by atoms with E-state index in [9.17, 15) is 9.90 Å². The van der Waals surface area contributed by atoms with Gasteiger partial charge in [0.15, 0.2) is 0 Å². The fourth-order valence-electron chi connectivity index (χ4n) is 3.76. The molecule has 0 aliphatic heterocycles. The molecule has 1 heterocycles. The van der Waals surface area contributed by atoms with Crippen LogP contribution in [0.4, 0.5) is 0 Å². The minimum absolute atomic E-state index is 0. The number of rotatable bonds is 7. The van der Waals surface area contributed by atoms with Crippen molar-refractivity contribution in [2.75, 3.05) is 7.11 Å². The number of benzene rings is 3. The fourth-order valence-corrected chi connectivity index (χ4v) is 3.92. The lowest BCUT2D eigenvalue weighted by molar-refractivity contribution is 0.0599. The number of hydrogen-bond donors (Lipinski definition) is 1. The van der Waals surface area contributed by atoms with Crippen LogP contribution in [0.2, 0.25) is 5.02 Å². The second-order valence-electron chi connectivity index (χ2n) is 7.78. The van der Waals surface area contributed by atoms with E-state index in [0.29, 0.717) is 23.4 Å². The van der Waals surface area contributed by atoms with E-state index in [1.54, 1.807) is 12.1 Å². The molecule has 0 unspecified atom stereocenters. The van der Waals surface area contributed by atoms with Gasteiger partial charge in [0.05, 0.1) is 30.0 Å². The van der Waals surface area contributed by atoms with Crippen molar-refractivity contribution in [3.63, 3.8) is 0 Å². The maximum Gasteiger partial charge on any atom is 0.338 e. The van der Waals surface area contributed by atoms with E-state index in [1.165, 1.54) is 7.11 Å². The first kappa shape index (κ1) is 25.1. The monoisotopic (exact) mass is 475 g/mol. The van der Waals surface area contributed by atoms with Gasteiger partial charge in [-0.1, -0.05) is 66.2 Å². The van der Waals surface area contributed by atoms with Crippen LogP contribution >= 0.6 is 11.6 Å². The maximum atomic E-state index is 12.0. The first-order valence-corrected chi connectivity index (χ1v) is 11.1. The summed E-state index contributed by atoms with van der Waals surface area (Å²) in [6, 6.07) is 24.7. The number of methoxy groups -OCH3 is 1. The van der Waals surface area contributed by atoms with Gasteiger partial charge in [-0.15, -0.1) is 0 Å². The van der Waals surface area contributed by atoms with E-state index >= 15 is 0 Å². The van der Waals surface area contributed by atoms with Crippen molar-refractivity contribution in [3.05, 3.63) is 112 Å². The van der Waals surface area contributed by atoms with Crippen LogP contribution in [-0.2, 0) is 11.2 Å². The van der Waals surface area contributed by atoms with Crippen molar-refractivity contribution < 1.29 is 20.1 Å². The number of ether oxygens (including phenoxy) is 1. The number of aliphatic hydroxyl groups excluding tert-OH is 1. The van der Waals surface area contributed by atoms with Crippen LogP contribution in [0.15, 0.2) is 78.9 Å². The van der Waals surface area contributed by atoms with Gasteiger partial charge in [0, 0.05) is 10.4 Å². The highest BCUT2D eigenvalue weighted by atomic mass is 35.5. The lowest BCUT2D eigenvalue weighted by Crippen LogP contribution is -2.07. The van der Waals surface area contributed by atoms with Crippen molar-refractivity contribution in [1.82, 2.24) is 4.98 Å². The summed E-state index contributed by atoms with van der Waals surface area (Å²) in [6.07, 6.45) is 4.33. The van der Waals surface area contributed by atoms with Gasteiger partial charge in [-0.05, 0) is 65.9 Å². The SMILES string of the molecule is COC(=O)c1ccccc1CC[C@H](O)c1cccc(/C=C/c2ccc3ccc(Cl)cc3n2)c1.O. The van der Waals surface area contributed by atoms with Crippen LogP contribution in [0.3, 0.4) is 0 Å². The third-order valence-electron chi connectivity index (χ3n) is 5.53. The molecular weight excluding hydrogens is 450 g/mol. The fraction of sp³-hybridized carbons (Fsp3) is 0.143. The molecule has 0 fully saturated rings. The number of esters is 1. The molecule has 34 heavy (non-hydrogen) atoms. The molecule has 3 aromatic carbocycles. The van der Waals surface area contributed by atoms with Gasteiger partial charge in [-0.3, -0.25) is 0 Å². The summed E-state index contributed by atoms with van der Waals surface area (Å²) in [4.78, 5) is 16.6. The standard InChI is InChI=1S/C28H24ClNO3.H2O/c1-33-28(32)25-8-3-2-6-20(25)12-16-27(31)22-7-4-5-19(17-22)9-14-24-15-11-21-10-13-23(29)18-26(21)30-24;/h2-11,13-15,17-18,27,31H,12,16H2,1H3;1H2/b14-9+;/t27-;/m0./s1. The Bertz CT molecular complexity index is 1320. The Morgan fingerprint density at radius 3 is 2.65 bits per heavy atom. The average Bonchev–Trinajstić information content (AvgIpc) is 2.85. The molecule has 0 saturated carbocycles. The number of aryl methyl sites for hydroxylation is 1. The summed E-state index contributed by atoms with van der Waals surface area (Å²) in [5.41, 5.74) is 4.87. The molecule has 5 nitrogen and oxygen atoms in total. The Labute approximate surface area is 203 Å². The highest BCUT2D eigenvalue weighted by Gasteiger charge is 2.14. The van der Waals surface area contributed by atoms with Gasteiger partial charge >= 0.3 is 5.97 Å². The van der Waals surface area contributed by atoms with Gasteiger partial charge < -0.3 is 15.3 Å². The Hall–Kier alpha value is -3.51. The predicted octanol–water partition coefficient (Wildman–Crippen LogP) is 5.69. The zero-order valence-electron chi connectivity index (χ0n) is 18.7. The molecule has 0 saturated heterocycles. The molecule has 0 radical (unpaired) electrons. The lowest BCUT2D eigenvalue weighted by Gasteiger charge is -2.13. The number of aromatic nitrogens is 1. The average molecular weight is 476 g/mol. The number of hydrogen-bond acceptors (Lipinski definition) is 4. The molecule has 174 valence electrons. The summed E-state index contributed by atoms with van der Waals surface area (Å²) in [6.45, 7) is 0. The Morgan fingerprint density at radius 1 is 1.03 bits per heavy atom. The number of halogens is 1. The number of pyridine rings is 1. The lowest BCUT2D eigenvalue weighted by atomic mass is 9.97. The predicted molar refractivity (Wildman–Crippen MR) is 137 cm³/mol. The molecule has 0 aliphatic rings. The molecule has 0 amide bonds. The molecule has 0 spiro atoms. The van der Waals surface area contributed by atoms with Gasteiger partial charge in [0.25, 0.3) is 0 Å². The zero-order chi connectivity index (χ0) is 23.2. The summed E-state index contributed by atoms with van der Waals surface area (Å²) in [5, 5.41) is 12.5. The van der Waals surface area contributed by atoms with Crippen LogP contribution in [0.5, 0.6) is 0 Å². The van der Waals surface area contributed by atoms with E-state index in [2.05, 4.69) is 4.98 Å². The van der Waals surface area contributed by atoms with Crippen LogP contribution in [0.1, 0.15) is 45.3 Å². The van der Waals surface area contributed by atoms with Gasteiger partial charge in [-0.25, -0.2) is 9.78 Å². The minimum atomic E-state index is -0.648. The van der Waals surface area contributed by atoms with E-state index in [4.69, 9.17) is 16.3 Å². The Morgan fingerprint density at radius 2 is 1.82 bits per heavy atom. The number of nitrogens with zero attached hydrogens (tertiary/aromatic N) is 1. The summed E-state index contributed by atoms with van der Waals surface area (Å²) < 4.78 is 4.86. The van der Waals surface area contributed by atoms with Crippen LogP contribution < -0.4 is 0 Å². The highest BCUT2D eigenvalue weighted by Crippen LogP contribution is 2.23. The maximum absolute atomic E-state index is 12.0. The van der Waals surface area contributed by atoms with Gasteiger partial charge in [0.1, 0.15) is 0 Å². The molecule has 3 N–H and O–H groups in total. The van der Waals surface area contributed by atoms with Crippen LogP contribution in [0.25, 0.3) is 23.1 Å². The normalized spacial score (nSPS) is 11.9. The quantitative estimate of drug-likeness (QED) is 0.348. The molecule has 6 heteroatoms. The number of carbonyl (C=O) groups excluding carboxylic acids is 1. The number of fused-ring (bicyclic) bond motifs is 1. The second kappa shape index (κ2) is 11.6. The van der Waals surface area contributed by atoms with Crippen molar-refractivity contribution >= 4 is 40.6 Å². The topological polar surface area (TPSA) is 90.9 Å². The molecule has 4 aromatic rings. The van der Waals surface area contributed by atoms with E-state index < -0.39 is 6.10 Å². The van der Waals surface area contributed by atoms with Crippen molar-refractivity contribution in [3.8, 4) is 0 Å². The second-order valence-corrected chi connectivity index (χ2v) is 8.22. The largest absolute Gasteiger partial charge is 0.465 e. The third kappa shape index (κ3) is 6.08. The summed E-state index contributed by atoms with van der Waals surface area (Å²) >= 11 is 6.08. The van der Waals surface area contributed by atoms with Crippen LogP contribution in [0, 0.1) is 0 Å². The Balaban J connectivity index is 0.00000324. The Kier molecular flexibility index (Phi) is 8.55. The number of aliphatic hydroxyl groups is 1. The number of carbonyl (C=O) groups is 1. The third-order valence-corrected chi connectivity index (χ3v) is 5.76. The van der Waals surface area contributed by atoms with E-state index in [0.717, 1.165) is 33.3 Å². The van der Waals surface area contributed by atoms with Crippen molar-refractivity contribution in [1.29, 1.82) is 0 Å². The minimum Gasteiger partial charge on any atom is -0.465 e. The molecule has 4 rings (SSSR count). The summed E-state index contributed by atoms with van der Waals surface area (Å²) in [7, 11) is 1.37.